The lowest BCUT2D eigenvalue weighted by Gasteiger charge is -2.36. The van der Waals surface area contributed by atoms with E-state index in [1.807, 2.05) is 13.8 Å². The molecule has 5 heterocycles. The summed E-state index contributed by atoms with van der Waals surface area (Å²) in [7, 11) is 3.95. The fraction of sp³-hybridized carbons (Fsp3) is 0.557. The van der Waals surface area contributed by atoms with Gasteiger partial charge in [0.1, 0.15) is 90.8 Å². The van der Waals surface area contributed by atoms with Gasteiger partial charge in [-0.05, 0) is 111 Å². The van der Waals surface area contributed by atoms with Gasteiger partial charge in [-0.2, -0.15) is 0 Å². The van der Waals surface area contributed by atoms with Crippen molar-refractivity contribution in [2.24, 2.45) is 29.0 Å². The van der Waals surface area contributed by atoms with Crippen molar-refractivity contribution in [2.45, 2.75) is 242 Å². The minimum atomic E-state index is -1.75. The molecule has 16 amide bonds. The second-order valence-electron chi connectivity index (χ2n) is 34.0. The van der Waals surface area contributed by atoms with E-state index in [0.717, 1.165) is 19.6 Å². The highest BCUT2D eigenvalue weighted by Crippen LogP contribution is 2.29. The average Bonchev–Trinajstić information content (AvgIpc) is 1.62. The molecule has 1 unspecified atom stereocenters. The summed E-state index contributed by atoms with van der Waals surface area (Å²) < 4.78 is 1.45. The molecule has 2 aromatic heterocycles. The summed E-state index contributed by atoms with van der Waals surface area (Å²) in [5.74, 6) is -16.5. The Morgan fingerprint density at radius 3 is 1.70 bits per heavy atom. The monoisotopic (exact) mass is 1780 g/mol. The normalized spacial score (nSPS) is 25.0. The third-order valence-electron chi connectivity index (χ3n) is 23.4. The zero-order valence-electron chi connectivity index (χ0n) is 74.3. The van der Waals surface area contributed by atoms with E-state index >= 15 is 28.8 Å². The van der Waals surface area contributed by atoms with Crippen molar-refractivity contribution in [3.05, 3.63) is 102 Å². The molecule has 698 valence electrons. The van der Waals surface area contributed by atoms with Crippen molar-refractivity contribution in [3.8, 4) is 5.75 Å². The number of aromatic hydroxyl groups is 1. The van der Waals surface area contributed by atoms with Crippen LogP contribution < -0.4 is 70.4 Å². The fourth-order valence-electron chi connectivity index (χ4n) is 16.3. The van der Waals surface area contributed by atoms with Crippen LogP contribution in [0.3, 0.4) is 0 Å². The smallest absolute Gasteiger partial charge is 0.323 e. The van der Waals surface area contributed by atoms with Crippen LogP contribution in [0.5, 0.6) is 5.75 Å². The van der Waals surface area contributed by atoms with Gasteiger partial charge in [-0.1, -0.05) is 116 Å². The van der Waals surface area contributed by atoms with Gasteiger partial charge in [0.2, 0.25) is 94.5 Å². The zero-order chi connectivity index (χ0) is 94.1. The van der Waals surface area contributed by atoms with E-state index in [2.05, 4.69) is 58.2 Å². The van der Waals surface area contributed by atoms with Crippen LogP contribution in [-0.4, -0.2) is 295 Å². The number of aliphatic carboxylic acids is 1. The van der Waals surface area contributed by atoms with Gasteiger partial charge in [0.05, 0.1) is 25.6 Å². The number of carboxylic acids is 1. The van der Waals surface area contributed by atoms with Crippen LogP contribution in [0.1, 0.15) is 149 Å². The SMILES string of the molecule is CCCC[C@H]1C(=O)N(C)[C@@H](CCCC)C(=O)N[C@@H](CC(C)C)C(=O)NCC(=O)NCC(=O)N[C@@H](Cc2ccc(O)cc2)C(=O)N(C)[C@@H](C)C(=O)N[C@@H](CC(N)=O)C(=O)N2CCCC2C(=O)N[C@@H](CN)C(=O)N[C@@H](CC(C)C)C(=O)N2C[C@H](O)C[C@H]2C(=O)N[C@@H](Cc2c[nH]c3ccccc23)C(=O)N[C@@H](CCN)C(=O)N[C@@H](Cc2cn(CC(=O)O)c3ccccc23)C(=O)N1C. The number of hydrogen-bond donors (Lipinski definition) is 17. The standard InChI is InChI=1S/C88H126N20O20/c1-11-13-23-68-81(121)97-60(34-48(3)4)77(117)94-43-73(112)93-44-74(113)95-63(36-51-27-29-54(109)30-28-51)84(124)103(8)50(7)76(116)99-65(40-72(91)111)86(126)107-33-19-26-69(107)82(122)102-66(41-90)80(120)100-62(35-49(5)6)87(127)108-46-55(110)39-71(108)83(123)98-61(37-52-42-92-58-22-17-15-20-56(52)58)79(119)96-59(31-32-89)78(118)101-64(85(125)105(10)70(24-14-12-2)88(128)104(68)9)38-53-45-106(47-75(114)115)67-25-18-16-21-57(53)67/h15-18,20-22,25,27-30,42,45,48-50,55,59-66,68-71,92,109-110H,11-14,19,23-24,26,31-41,43-44,46-47,89-90H2,1-10H3,(H2,91,111)(H,93,112)(H,94,117)(H,95,113)(H,96,119)(H,97,121)(H,98,123)(H,99,116)(H,100,120)(H,101,118)(H,102,122)(H,114,115)/t50-,55+,59-,60-,61-,62-,63-,64-,65-,66-,68-,69?,70-,71-/m0/s1. The van der Waals surface area contributed by atoms with Crippen LogP contribution in [0.4, 0.5) is 0 Å². The number of unbranched alkanes of at least 4 members (excludes halogenated alkanes) is 2. The van der Waals surface area contributed by atoms with E-state index < -0.39 is 224 Å². The lowest BCUT2D eigenvalue weighted by atomic mass is 9.99. The van der Waals surface area contributed by atoms with Crippen LogP contribution in [-0.2, 0) is 107 Å². The minimum Gasteiger partial charge on any atom is -0.508 e. The Morgan fingerprint density at radius 2 is 1.05 bits per heavy atom. The van der Waals surface area contributed by atoms with Gasteiger partial charge in [-0.3, -0.25) is 81.5 Å². The summed E-state index contributed by atoms with van der Waals surface area (Å²) in [6.45, 7) is 8.60. The highest BCUT2D eigenvalue weighted by atomic mass is 16.4. The average molecular weight is 1780 g/mol. The van der Waals surface area contributed by atoms with E-state index in [0.29, 0.717) is 64.2 Å². The molecule has 0 saturated carbocycles. The molecule has 3 aliphatic heterocycles. The Kier molecular flexibility index (Phi) is 37.2. The van der Waals surface area contributed by atoms with Crippen LogP contribution >= 0.6 is 0 Å². The number of benzene rings is 3. The number of amides is 16. The first-order chi connectivity index (χ1) is 60.8. The summed E-state index contributed by atoms with van der Waals surface area (Å²) in [4.78, 5) is 256. The number of hydrogen-bond acceptors (Lipinski definition) is 21. The molecule has 8 rings (SSSR count). The summed E-state index contributed by atoms with van der Waals surface area (Å²) in [5, 5.41) is 59.1. The Balaban J connectivity index is 1.18. The topological polar surface area (TPSA) is 586 Å². The highest BCUT2D eigenvalue weighted by Gasteiger charge is 2.47. The van der Waals surface area contributed by atoms with Crippen LogP contribution in [0, 0.1) is 11.8 Å². The number of H-pyrrole nitrogens is 1. The second-order valence-corrected chi connectivity index (χ2v) is 34.0. The molecule has 3 saturated heterocycles. The first-order valence-electron chi connectivity index (χ1n) is 43.6. The van der Waals surface area contributed by atoms with Crippen molar-refractivity contribution in [1.29, 1.82) is 0 Å². The predicted octanol–water partition coefficient (Wildman–Crippen LogP) is -1.83. The lowest BCUT2D eigenvalue weighted by molar-refractivity contribution is -0.149. The Bertz CT molecular complexity index is 4820. The van der Waals surface area contributed by atoms with Crippen LogP contribution in [0.15, 0.2) is 85.2 Å². The van der Waals surface area contributed by atoms with Gasteiger partial charge in [0.25, 0.3) is 0 Å². The molecule has 0 bridgehead atoms. The molecule has 0 aliphatic carbocycles. The number of para-hydroxylation sites is 2. The summed E-state index contributed by atoms with van der Waals surface area (Å²) in [6, 6.07) is -0.113. The number of carbonyl (C=O) groups excluding carboxylic acids is 16. The van der Waals surface area contributed by atoms with E-state index in [4.69, 9.17) is 17.2 Å². The number of nitrogens with one attached hydrogen (secondary N) is 11. The number of primary amides is 1. The number of carbonyl (C=O) groups is 17. The molecule has 20 N–H and O–H groups in total. The number of rotatable bonds is 23. The van der Waals surface area contributed by atoms with Crippen molar-refractivity contribution in [1.82, 2.24) is 87.2 Å². The van der Waals surface area contributed by atoms with Crippen molar-refractivity contribution in [2.75, 3.05) is 60.4 Å². The number of nitrogens with two attached hydrogens (primary N) is 3. The van der Waals surface area contributed by atoms with Gasteiger partial charge in [-0.15, -0.1) is 0 Å². The molecule has 3 fully saturated rings. The number of aliphatic hydroxyl groups is 1. The van der Waals surface area contributed by atoms with Crippen molar-refractivity contribution < 1.29 is 96.8 Å². The van der Waals surface area contributed by atoms with Crippen LogP contribution in [0.25, 0.3) is 21.8 Å². The Labute approximate surface area is 742 Å². The number of aromatic nitrogens is 2. The van der Waals surface area contributed by atoms with Crippen molar-refractivity contribution >= 4 is 122 Å². The van der Waals surface area contributed by atoms with Crippen molar-refractivity contribution in [3.63, 3.8) is 0 Å². The van der Waals surface area contributed by atoms with Gasteiger partial charge in [0, 0.05) is 101 Å². The molecule has 14 atom stereocenters. The van der Waals surface area contributed by atoms with Gasteiger partial charge >= 0.3 is 5.97 Å². The maximum Gasteiger partial charge on any atom is 0.323 e. The summed E-state index contributed by atoms with van der Waals surface area (Å²) in [5.41, 5.74) is 20.5. The number of carboxylic acid groups (broad SMARTS) is 1. The molecule has 40 heteroatoms. The number of phenolic OH excluding ortho intramolecular Hbond substituents is 1. The molecule has 0 spiro atoms. The predicted molar refractivity (Wildman–Crippen MR) is 469 cm³/mol. The molecular formula is C88H126N20O20. The molecule has 128 heavy (non-hydrogen) atoms. The minimum absolute atomic E-state index is 0.00445. The Morgan fingerprint density at radius 1 is 0.516 bits per heavy atom. The second kappa shape index (κ2) is 47.3. The number of phenols is 1. The molecule has 3 aromatic carbocycles. The number of likely N-dealkylation sites (N-methyl/N-ethyl adjacent to an activating group) is 3. The first-order valence-corrected chi connectivity index (χ1v) is 43.6. The number of nitrogens with zero attached hydrogens (tertiary/aromatic N) is 6. The number of aliphatic hydroxyl groups excluding tert-OH is 1. The third kappa shape index (κ3) is 27.2. The number of aromatic amines is 1. The quantitative estimate of drug-likeness (QED) is 0.0342. The Hall–Kier alpha value is -12.6. The van der Waals surface area contributed by atoms with Gasteiger partial charge in [-0.25, -0.2) is 0 Å². The molecule has 0 radical (unpaired) electrons. The van der Waals surface area contributed by atoms with Gasteiger partial charge < -0.3 is 120 Å². The van der Waals surface area contributed by atoms with E-state index in [1.165, 1.54) is 68.0 Å². The lowest BCUT2D eigenvalue weighted by Crippen LogP contribution is -2.61. The third-order valence-corrected chi connectivity index (χ3v) is 23.4. The zero-order valence-corrected chi connectivity index (χ0v) is 74.3. The fourth-order valence-corrected chi connectivity index (χ4v) is 16.3. The van der Waals surface area contributed by atoms with Crippen LogP contribution in [0.2, 0.25) is 0 Å². The molecule has 5 aromatic rings. The molecule has 3 aliphatic rings. The summed E-state index contributed by atoms with van der Waals surface area (Å²) >= 11 is 0. The maximum absolute atomic E-state index is 15.9. The first kappa shape index (κ1) is 101. The largest absolute Gasteiger partial charge is 0.508 e. The summed E-state index contributed by atoms with van der Waals surface area (Å²) in [6.07, 6.45) is 1.40. The van der Waals surface area contributed by atoms with E-state index in [-0.39, 0.29) is 101 Å². The number of fused-ring (bicyclic) bond motifs is 4. The maximum atomic E-state index is 15.9. The highest BCUT2D eigenvalue weighted by molar-refractivity contribution is 6.02. The molecule has 40 nitrogen and oxygen atoms in total. The van der Waals surface area contributed by atoms with Gasteiger partial charge in [0.15, 0.2) is 0 Å². The van der Waals surface area contributed by atoms with E-state index in [9.17, 15) is 68.1 Å². The van der Waals surface area contributed by atoms with E-state index in [1.54, 1.807) is 82.4 Å². The molecular weight excluding hydrogens is 1660 g/mol.